The van der Waals surface area contributed by atoms with E-state index in [9.17, 15) is 4.79 Å². The third-order valence-corrected chi connectivity index (χ3v) is 4.84. The van der Waals surface area contributed by atoms with Crippen LogP contribution in [0.25, 0.3) is 0 Å². The molecule has 1 aliphatic heterocycles. The summed E-state index contributed by atoms with van der Waals surface area (Å²) in [6.45, 7) is 9.57. The van der Waals surface area contributed by atoms with Crippen LogP contribution in [0.3, 0.4) is 0 Å². The van der Waals surface area contributed by atoms with Crippen LogP contribution in [-0.4, -0.2) is 37.7 Å². The molecule has 3 rings (SSSR count). The van der Waals surface area contributed by atoms with E-state index in [0.717, 1.165) is 17.9 Å². The molecule has 0 aromatic heterocycles. The van der Waals surface area contributed by atoms with Gasteiger partial charge in [-0.25, -0.2) is 0 Å². The lowest BCUT2D eigenvalue weighted by Gasteiger charge is -2.22. The Bertz CT molecular complexity index is 492. The predicted molar refractivity (Wildman–Crippen MR) is 103 cm³/mol. The first-order chi connectivity index (χ1) is 12.0. The minimum Gasteiger partial charge on any atom is -0.462 e. The Hall–Kier alpha value is -1.39. The molecule has 2 N–H and O–H groups in total. The maximum Gasteiger partial charge on any atom is 0.293 e. The van der Waals surface area contributed by atoms with E-state index < -0.39 is 0 Å². The van der Waals surface area contributed by atoms with Crippen LogP contribution in [-0.2, 0) is 9.53 Å². The Labute approximate surface area is 152 Å². The zero-order chi connectivity index (χ0) is 18.1. The van der Waals surface area contributed by atoms with Gasteiger partial charge in [0, 0.05) is 12.0 Å². The second kappa shape index (κ2) is 9.93. The fourth-order valence-corrected chi connectivity index (χ4v) is 3.28. The van der Waals surface area contributed by atoms with Crippen molar-refractivity contribution in [2.75, 3.05) is 19.6 Å². The number of ether oxygens (including phenoxy) is 1. The van der Waals surface area contributed by atoms with Crippen molar-refractivity contribution in [3.05, 3.63) is 35.9 Å². The van der Waals surface area contributed by atoms with Crippen LogP contribution < -0.4 is 10.6 Å². The van der Waals surface area contributed by atoms with Crippen LogP contribution in [0.2, 0.25) is 0 Å². The number of carbonyl (C=O) groups excluding carboxylic acids is 1. The van der Waals surface area contributed by atoms with Gasteiger partial charge in [0.2, 0.25) is 0 Å². The third-order valence-electron chi connectivity index (χ3n) is 4.84. The molecule has 140 valence electrons. The molecule has 1 saturated carbocycles. The first-order valence-corrected chi connectivity index (χ1v) is 9.60. The molecule has 1 aromatic carbocycles. The molecule has 25 heavy (non-hydrogen) atoms. The molecule has 2 atom stereocenters. The number of hydrogen-bond acceptors (Lipinski definition) is 4. The van der Waals surface area contributed by atoms with Crippen molar-refractivity contribution in [3.63, 3.8) is 0 Å². The molecule has 2 fully saturated rings. The van der Waals surface area contributed by atoms with Crippen LogP contribution in [0.1, 0.15) is 57.9 Å². The second-order valence-corrected chi connectivity index (χ2v) is 8.12. The quantitative estimate of drug-likeness (QED) is 0.774. The Morgan fingerprint density at radius 1 is 1.20 bits per heavy atom. The summed E-state index contributed by atoms with van der Waals surface area (Å²) in [7, 11) is 0. The van der Waals surface area contributed by atoms with Gasteiger partial charge < -0.3 is 15.4 Å². The van der Waals surface area contributed by atoms with Crippen LogP contribution in [0.4, 0.5) is 0 Å². The van der Waals surface area contributed by atoms with Crippen molar-refractivity contribution >= 4 is 6.47 Å². The van der Waals surface area contributed by atoms with Crippen LogP contribution >= 0.6 is 0 Å². The number of piperidine rings is 1. The minimum atomic E-state index is -0.318. The van der Waals surface area contributed by atoms with Crippen molar-refractivity contribution in [1.82, 2.24) is 10.6 Å². The number of carbonyl (C=O) groups is 1. The topological polar surface area (TPSA) is 50.4 Å². The molecule has 4 nitrogen and oxygen atoms in total. The molecule has 1 saturated heterocycles. The lowest BCUT2D eigenvalue weighted by Crippen LogP contribution is -2.30. The maximum atomic E-state index is 9.60. The van der Waals surface area contributed by atoms with Gasteiger partial charge in [0.1, 0.15) is 5.60 Å². The first-order valence-electron chi connectivity index (χ1n) is 9.60. The maximum absolute atomic E-state index is 9.60. The molecular formula is C21H34N2O2. The van der Waals surface area contributed by atoms with E-state index in [-0.39, 0.29) is 5.60 Å². The summed E-state index contributed by atoms with van der Waals surface area (Å²) in [6.07, 6.45) is 5.43. The zero-order valence-electron chi connectivity index (χ0n) is 16.0. The highest BCUT2D eigenvalue weighted by Gasteiger charge is 2.37. The van der Waals surface area contributed by atoms with Gasteiger partial charge in [-0.2, -0.15) is 0 Å². The molecule has 0 amide bonds. The van der Waals surface area contributed by atoms with E-state index in [0.29, 0.717) is 6.47 Å². The Morgan fingerprint density at radius 3 is 2.44 bits per heavy atom. The molecule has 2 aliphatic rings. The van der Waals surface area contributed by atoms with Gasteiger partial charge in [-0.3, -0.25) is 4.79 Å². The summed E-state index contributed by atoms with van der Waals surface area (Å²) in [4.78, 5) is 9.60. The molecule has 0 bridgehead atoms. The van der Waals surface area contributed by atoms with Gasteiger partial charge in [0.15, 0.2) is 0 Å². The summed E-state index contributed by atoms with van der Waals surface area (Å²) in [5.74, 6) is 1.73. The Kier molecular flexibility index (Phi) is 7.91. The first kappa shape index (κ1) is 19.9. The number of hydrogen-bond donors (Lipinski definition) is 2. The van der Waals surface area contributed by atoms with E-state index in [4.69, 9.17) is 0 Å². The third kappa shape index (κ3) is 8.02. The summed E-state index contributed by atoms with van der Waals surface area (Å²) in [6, 6.07) is 11.7. The van der Waals surface area contributed by atoms with Gasteiger partial charge in [0.05, 0.1) is 0 Å². The SMILES string of the molecule is CC(C)(C)OC=O.c1ccc(C2CC2NCCC2CCNCC2)cc1. The fraction of sp³-hybridized carbons (Fsp3) is 0.667. The minimum absolute atomic E-state index is 0.318. The molecule has 0 spiro atoms. The number of nitrogens with one attached hydrogen (secondary N) is 2. The van der Waals surface area contributed by atoms with Crippen molar-refractivity contribution < 1.29 is 9.53 Å². The van der Waals surface area contributed by atoms with Gasteiger partial charge in [0.25, 0.3) is 6.47 Å². The van der Waals surface area contributed by atoms with E-state index in [1.54, 1.807) is 0 Å². The average Bonchev–Trinajstić information content (AvgIpc) is 3.36. The summed E-state index contributed by atoms with van der Waals surface area (Å²) in [5, 5.41) is 7.17. The molecule has 1 aromatic rings. The highest BCUT2D eigenvalue weighted by Crippen LogP contribution is 2.40. The zero-order valence-corrected chi connectivity index (χ0v) is 16.0. The van der Waals surface area contributed by atoms with Crippen molar-refractivity contribution in [2.24, 2.45) is 5.92 Å². The Balaban J connectivity index is 0.000000277. The number of benzene rings is 1. The molecule has 4 heteroatoms. The highest BCUT2D eigenvalue weighted by atomic mass is 16.5. The molecule has 1 aliphatic carbocycles. The van der Waals surface area contributed by atoms with Crippen LogP contribution in [0.5, 0.6) is 0 Å². The second-order valence-electron chi connectivity index (χ2n) is 8.12. The van der Waals surface area contributed by atoms with Crippen molar-refractivity contribution in [3.8, 4) is 0 Å². The van der Waals surface area contributed by atoms with Crippen LogP contribution in [0.15, 0.2) is 30.3 Å². The monoisotopic (exact) mass is 346 g/mol. The van der Waals surface area contributed by atoms with E-state index in [1.807, 2.05) is 20.8 Å². The molecule has 2 unspecified atom stereocenters. The standard InChI is InChI=1S/C16H24N2.C5H10O2/c1-2-4-14(5-3-1)15-12-16(15)18-11-8-13-6-9-17-10-7-13;1-5(2,3)7-4-6/h1-5,13,15-18H,6-12H2;4H,1-3H3. The largest absolute Gasteiger partial charge is 0.462 e. The summed E-state index contributed by atoms with van der Waals surface area (Å²) in [5.41, 5.74) is 1.19. The highest BCUT2D eigenvalue weighted by molar-refractivity contribution is 5.37. The van der Waals surface area contributed by atoms with Crippen molar-refractivity contribution in [1.29, 1.82) is 0 Å². The lowest BCUT2D eigenvalue weighted by atomic mass is 9.95. The van der Waals surface area contributed by atoms with Gasteiger partial charge in [-0.15, -0.1) is 0 Å². The average molecular weight is 347 g/mol. The van der Waals surface area contributed by atoms with E-state index >= 15 is 0 Å². The summed E-state index contributed by atoms with van der Waals surface area (Å²) < 4.78 is 4.55. The van der Waals surface area contributed by atoms with E-state index in [2.05, 4.69) is 45.7 Å². The Morgan fingerprint density at radius 2 is 1.88 bits per heavy atom. The molecule has 0 radical (unpaired) electrons. The normalized spacial score (nSPS) is 23.3. The van der Waals surface area contributed by atoms with Gasteiger partial charge in [-0.05, 0) is 77.6 Å². The smallest absolute Gasteiger partial charge is 0.293 e. The van der Waals surface area contributed by atoms with Crippen LogP contribution in [0, 0.1) is 5.92 Å². The van der Waals surface area contributed by atoms with Gasteiger partial charge >= 0.3 is 0 Å². The lowest BCUT2D eigenvalue weighted by molar-refractivity contribution is -0.138. The van der Waals surface area contributed by atoms with Crippen molar-refractivity contribution in [2.45, 2.75) is 64.0 Å². The number of rotatable bonds is 6. The van der Waals surface area contributed by atoms with E-state index in [1.165, 1.54) is 50.9 Å². The fourth-order valence-electron chi connectivity index (χ4n) is 3.28. The summed E-state index contributed by atoms with van der Waals surface area (Å²) >= 11 is 0. The molecular weight excluding hydrogens is 312 g/mol. The molecule has 1 heterocycles. The van der Waals surface area contributed by atoms with Gasteiger partial charge in [-0.1, -0.05) is 30.3 Å². The predicted octanol–water partition coefficient (Wildman–Crippen LogP) is 3.48.